The first-order valence-corrected chi connectivity index (χ1v) is 5.54. The lowest BCUT2D eigenvalue weighted by atomic mass is 10.2. The molecule has 5 nitrogen and oxygen atoms in total. The van der Waals surface area contributed by atoms with Gasteiger partial charge in [-0.25, -0.2) is 4.98 Å². The van der Waals surface area contributed by atoms with E-state index in [-0.39, 0.29) is 5.91 Å². The fourth-order valence-electron chi connectivity index (χ4n) is 2.02. The Morgan fingerprint density at radius 2 is 2.24 bits per heavy atom. The Hall–Kier alpha value is -2.17. The minimum Gasteiger partial charge on any atom is -0.332 e. The van der Waals surface area contributed by atoms with Crippen molar-refractivity contribution in [1.29, 1.82) is 0 Å². The smallest absolute Gasteiger partial charge is 0.255 e. The summed E-state index contributed by atoms with van der Waals surface area (Å²) in [4.78, 5) is 22.2. The predicted molar refractivity (Wildman–Crippen MR) is 61.2 cm³/mol. The number of pyridine rings is 1. The molecule has 5 heteroatoms. The Kier molecular flexibility index (Phi) is 2.36. The van der Waals surface area contributed by atoms with Crippen molar-refractivity contribution < 1.29 is 4.79 Å². The number of rotatable bonds is 1. The molecule has 0 spiro atoms. The molecule has 0 saturated carbocycles. The van der Waals surface area contributed by atoms with Gasteiger partial charge in [-0.1, -0.05) is 0 Å². The average molecular weight is 228 g/mol. The van der Waals surface area contributed by atoms with Crippen LogP contribution in [0.1, 0.15) is 16.2 Å². The number of imidazole rings is 1. The van der Waals surface area contributed by atoms with Gasteiger partial charge < -0.3 is 9.47 Å². The van der Waals surface area contributed by atoms with E-state index in [0.29, 0.717) is 12.1 Å². The number of carbonyl (C=O) groups excluding carboxylic acids is 1. The van der Waals surface area contributed by atoms with Crippen LogP contribution in [-0.2, 0) is 13.1 Å². The van der Waals surface area contributed by atoms with E-state index < -0.39 is 0 Å². The Morgan fingerprint density at radius 3 is 3.06 bits per heavy atom. The van der Waals surface area contributed by atoms with Crippen LogP contribution in [0.25, 0.3) is 0 Å². The molecule has 0 aromatic carbocycles. The van der Waals surface area contributed by atoms with Crippen LogP contribution >= 0.6 is 0 Å². The quantitative estimate of drug-likeness (QED) is 0.729. The first-order valence-electron chi connectivity index (χ1n) is 5.54. The zero-order valence-corrected chi connectivity index (χ0v) is 9.28. The number of hydrogen-bond donors (Lipinski definition) is 0. The van der Waals surface area contributed by atoms with Crippen LogP contribution in [0.3, 0.4) is 0 Å². The van der Waals surface area contributed by atoms with E-state index in [0.717, 1.165) is 18.9 Å². The second-order valence-corrected chi connectivity index (χ2v) is 4.01. The summed E-state index contributed by atoms with van der Waals surface area (Å²) < 4.78 is 2.08. The molecule has 1 aliphatic heterocycles. The van der Waals surface area contributed by atoms with Crippen molar-refractivity contribution in [2.75, 3.05) is 6.54 Å². The molecule has 0 aliphatic carbocycles. The minimum absolute atomic E-state index is 0.0207. The van der Waals surface area contributed by atoms with Crippen LogP contribution in [0.4, 0.5) is 0 Å². The van der Waals surface area contributed by atoms with Crippen LogP contribution in [0.15, 0.2) is 36.9 Å². The number of nitrogens with zero attached hydrogens (tertiary/aromatic N) is 4. The van der Waals surface area contributed by atoms with E-state index in [2.05, 4.69) is 14.5 Å². The molecule has 0 bridgehead atoms. The number of carbonyl (C=O) groups is 1. The maximum Gasteiger partial charge on any atom is 0.255 e. The second kappa shape index (κ2) is 4.01. The molecule has 86 valence electrons. The average Bonchev–Trinajstić information content (AvgIpc) is 2.86. The number of hydrogen-bond acceptors (Lipinski definition) is 3. The summed E-state index contributed by atoms with van der Waals surface area (Å²) in [6, 6.07) is 3.56. The molecule has 0 atom stereocenters. The van der Waals surface area contributed by atoms with Crippen LogP contribution in [0.5, 0.6) is 0 Å². The molecule has 0 unspecified atom stereocenters. The monoisotopic (exact) mass is 228 g/mol. The van der Waals surface area contributed by atoms with Gasteiger partial charge in [-0.15, -0.1) is 0 Å². The van der Waals surface area contributed by atoms with Gasteiger partial charge in [-0.2, -0.15) is 0 Å². The van der Waals surface area contributed by atoms with Crippen LogP contribution < -0.4 is 0 Å². The van der Waals surface area contributed by atoms with Crippen LogP contribution in [-0.4, -0.2) is 31.9 Å². The molecule has 3 heterocycles. The molecule has 1 aliphatic rings. The first-order chi connectivity index (χ1) is 8.34. The van der Waals surface area contributed by atoms with Crippen molar-refractivity contribution in [2.45, 2.75) is 13.1 Å². The molecule has 0 radical (unpaired) electrons. The van der Waals surface area contributed by atoms with E-state index >= 15 is 0 Å². The molecular weight excluding hydrogens is 216 g/mol. The Labute approximate surface area is 98.7 Å². The predicted octanol–water partition coefficient (Wildman–Crippen LogP) is 0.934. The molecule has 1 amide bonds. The van der Waals surface area contributed by atoms with Crippen LogP contribution in [0, 0.1) is 0 Å². The van der Waals surface area contributed by atoms with Crippen molar-refractivity contribution in [2.24, 2.45) is 0 Å². The van der Waals surface area contributed by atoms with Crippen molar-refractivity contribution in [3.8, 4) is 0 Å². The number of aromatic nitrogens is 3. The summed E-state index contributed by atoms with van der Waals surface area (Å²) in [5.41, 5.74) is 0.632. The third-order valence-corrected chi connectivity index (χ3v) is 2.94. The number of fused-ring (bicyclic) bond motifs is 1. The first kappa shape index (κ1) is 10.0. The van der Waals surface area contributed by atoms with Gasteiger partial charge in [-0.3, -0.25) is 9.78 Å². The summed E-state index contributed by atoms with van der Waals surface area (Å²) >= 11 is 0. The summed E-state index contributed by atoms with van der Waals surface area (Å²) in [6.07, 6.45) is 6.98. The third-order valence-electron chi connectivity index (χ3n) is 2.94. The van der Waals surface area contributed by atoms with E-state index in [9.17, 15) is 4.79 Å². The maximum atomic E-state index is 12.2. The fraction of sp³-hybridized carbons (Fsp3) is 0.250. The van der Waals surface area contributed by atoms with Gasteiger partial charge in [0.25, 0.3) is 5.91 Å². The van der Waals surface area contributed by atoms with Gasteiger partial charge >= 0.3 is 0 Å². The third kappa shape index (κ3) is 1.80. The fourth-order valence-corrected chi connectivity index (χ4v) is 2.02. The van der Waals surface area contributed by atoms with Crippen LogP contribution in [0.2, 0.25) is 0 Å². The van der Waals surface area contributed by atoms with Crippen molar-refractivity contribution >= 4 is 5.91 Å². The summed E-state index contributed by atoms with van der Waals surface area (Å²) in [5.74, 6) is 0.959. The van der Waals surface area contributed by atoms with Gasteiger partial charge in [0.1, 0.15) is 5.82 Å². The zero-order chi connectivity index (χ0) is 11.7. The van der Waals surface area contributed by atoms with Gasteiger partial charge in [-0.05, 0) is 12.1 Å². The minimum atomic E-state index is 0.0207. The van der Waals surface area contributed by atoms with Crippen molar-refractivity contribution in [3.05, 3.63) is 48.3 Å². The lowest BCUT2D eigenvalue weighted by Crippen LogP contribution is -2.38. The molecule has 2 aromatic rings. The van der Waals surface area contributed by atoms with Gasteiger partial charge in [0.2, 0.25) is 0 Å². The van der Waals surface area contributed by atoms with Crippen molar-refractivity contribution in [1.82, 2.24) is 19.4 Å². The normalized spacial score (nSPS) is 14.5. The highest BCUT2D eigenvalue weighted by Gasteiger charge is 2.21. The lowest BCUT2D eigenvalue weighted by Gasteiger charge is -2.27. The van der Waals surface area contributed by atoms with Gasteiger partial charge in [0.15, 0.2) is 0 Å². The SMILES string of the molecule is O=C(c1cccnc1)N1CCn2ccnc2C1. The highest BCUT2D eigenvalue weighted by molar-refractivity contribution is 5.93. The topological polar surface area (TPSA) is 51.0 Å². The highest BCUT2D eigenvalue weighted by atomic mass is 16.2. The number of amides is 1. The lowest BCUT2D eigenvalue weighted by molar-refractivity contribution is 0.0707. The molecule has 2 aromatic heterocycles. The maximum absolute atomic E-state index is 12.2. The van der Waals surface area contributed by atoms with Gasteiger partial charge in [0, 0.05) is 37.9 Å². The Bertz CT molecular complexity index is 534. The van der Waals surface area contributed by atoms with Gasteiger partial charge in [0.05, 0.1) is 12.1 Å². The summed E-state index contributed by atoms with van der Waals surface area (Å²) in [7, 11) is 0. The zero-order valence-electron chi connectivity index (χ0n) is 9.28. The van der Waals surface area contributed by atoms with E-state index in [4.69, 9.17) is 0 Å². The molecular formula is C12H12N4O. The van der Waals surface area contributed by atoms with E-state index in [1.807, 2.05) is 6.20 Å². The van der Waals surface area contributed by atoms with E-state index in [1.54, 1.807) is 35.6 Å². The highest BCUT2D eigenvalue weighted by Crippen LogP contribution is 2.13. The summed E-state index contributed by atoms with van der Waals surface area (Å²) in [6.45, 7) is 2.10. The molecule has 0 fully saturated rings. The van der Waals surface area contributed by atoms with Crippen molar-refractivity contribution in [3.63, 3.8) is 0 Å². The Morgan fingerprint density at radius 1 is 1.29 bits per heavy atom. The molecule has 3 rings (SSSR count). The second-order valence-electron chi connectivity index (χ2n) is 4.01. The van der Waals surface area contributed by atoms with E-state index in [1.165, 1.54) is 0 Å². The summed E-state index contributed by atoms with van der Waals surface area (Å²) in [5, 5.41) is 0. The Balaban J connectivity index is 1.81. The molecule has 0 saturated heterocycles. The molecule has 17 heavy (non-hydrogen) atoms. The standard InChI is InChI=1S/C12H12N4O/c17-12(10-2-1-3-13-8-10)16-7-6-15-5-4-14-11(15)9-16/h1-5,8H,6-7,9H2. The largest absolute Gasteiger partial charge is 0.332 e. The molecule has 0 N–H and O–H groups in total.